The van der Waals surface area contributed by atoms with Gasteiger partial charge in [-0.2, -0.15) is 10.5 Å². The van der Waals surface area contributed by atoms with Crippen molar-refractivity contribution in [1.82, 2.24) is 4.57 Å². The van der Waals surface area contributed by atoms with Gasteiger partial charge in [0.25, 0.3) is 0 Å². The van der Waals surface area contributed by atoms with Gasteiger partial charge in [-0.3, -0.25) is 0 Å². The van der Waals surface area contributed by atoms with Crippen molar-refractivity contribution in [3.05, 3.63) is 126 Å². The van der Waals surface area contributed by atoms with Gasteiger partial charge in [0.05, 0.1) is 33.9 Å². The van der Waals surface area contributed by atoms with Gasteiger partial charge in [-0.05, 0) is 65.7 Å². The predicted octanol–water partition coefficient (Wildman–Crippen LogP) is 10.5. The second-order valence-corrected chi connectivity index (χ2v) is 11.9. The van der Waals surface area contributed by atoms with Gasteiger partial charge in [0.2, 0.25) is 0 Å². The molecule has 198 valence electrons. The van der Waals surface area contributed by atoms with Crippen LogP contribution in [0.2, 0.25) is 0 Å². The molecule has 0 amide bonds. The number of fused-ring (bicyclic) bond motifs is 9. The van der Waals surface area contributed by atoms with E-state index in [2.05, 4.69) is 83.4 Å². The molecule has 0 saturated heterocycles. The van der Waals surface area contributed by atoms with E-state index in [0.29, 0.717) is 22.3 Å². The Balaban J connectivity index is 1.32. The number of rotatable bonds is 2. The first kappa shape index (κ1) is 23.8. The zero-order valence-corrected chi connectivity index (χ0v) is 23.4. The Bertz CT molecular complexity index is 2710. The summed E-state index contributed by atoms with van der Waals surface area (Å²) in [5.74, 6) is 0. The summed E-state index contributed by atoms with van der Waals surface area (Å²) in [4.78, 5) is 0. The fraction of sp³-hybridized carbons (Fsp3) is 0. The van der Waals surface area contributed by atoms with Crippen LogP contribution in [0.25, 0.3) is 80.7 Å². The number of benzene rings is 6. The Kier molecular flexibility index (Phi) is 4.87. The minimum atomic E-state index is 0.499. The number of hydrogen-bond donors (Lipinski definition) is 0. The molecular formula is C38H19N3OS. The predicted molar refractivity (Wildman–Crippen MR) is 176 cm³/mol. The van der Waals surface area contributed by atoms with E-state index in [-0.39, 0.29) is 0 Å². The van der Waals surface area contributed by atoms with Crippen LogP contribution in [0, 0.1) is 22.7 Å². The normalized spacial score (nSPS) is 11.7. The molecule has 4 nitrogen and oxygen atoms in total. The Labute approximate surface area is 249 Å². The fourth-order valence-electron chi connectivity index (χ4n) is 6.52. The van der Waals surface area contributed by atoms with Crippen molar-refractivity contribution in [3.63, 3.8) is 0 Å². The first-order valence-corrected chi connectivity index (χ1v) is 14.8. The highest BCUT2D eigenvalue weighted by atomic mass is 32.1. The maximum Gasteiger partial charge on any atom is 0.159 e. The minimum Gasteiger partial charge on any atom is -0.452 e. The average molecular weight is 566 g/mol. The van der Waals surface area contributed by atoms with Crippen molar-refractivity contribution >= 4 is 75.3 Å². The molecule has 3 aromatic heterocycles. The smallest absolute Gasteiger partial charge is 0.159 e. The maximum absolute atomic E-state index is 10.3. The number of nitriles is 2. The summed E-state index contributed by atoms with van der Waals surface area (Å²) in [7, 11) is 0. The summed E-state index contributed by atoms with van der Waals surface area (Å²) in [6.07, 6.45) is 0. The Morgan fingerprint density at radius 3 is 2.19 bits per heavy atom. The van der Waals surface area contributed by atoms with Crippen molar-refractivity contribution < 1.29 is 4.42 Å². The second kappa shape index (κ2) is 8.81. The average Bonchev–Trinajstić information content (AvgIpc) is 3.73. The van der Waals surface area contributed by atoms with Crippen LogP contribution in [-0.4, -0.2) is 4.57 Å². The second-order valence-electron chi connectivity index (χ2n) is 10.8. The number of hydrogen-bond acceptors (Lipinski definition) is 4. The van der Waals surface area contributed by atoms with Crippen molar-refractivity contribution in [1.29, 1.82) is 10.5 Å². The molecule has 0 radical (unpaired) electrons. The molecule has 9 aromatic rings. The lowest BCUT2D eigenvalue weighted by Crippen LogP contribution is -1.94. The van der Waals surface area contributed by atoms with E-state index in [0.717, 1.165) is 49.4 Å². The molecule has 9 rings (SSSR count). The Morgan fingerprint density at radius 2 is 1.30 bits per heavy atom. The lowest BCUT2D eigenvalue weighted by Gasteiger charge is -2.08. The molecule has 0 aliphatic heterocycles. The third kappa shape index (κ3) is 3.35. The number of furan rings is 1. The van der Waals surface area contributed by atoms with Crippen LogP contribution < -0.4 is 0 Å². The van der Waals surface area contributed by atoms with E-state index in [1.165, 1.54) is 20.2 Å². The fourth-order valence-corrected chi connectivity index (χ4v) is 7.60. The van der Waals surface area contributed by atoms with E-state index in [9.17, 15) is 10.5 Å². The van der Waals surface area contributed by atoms with Crippen LogP contribution in [-0.2, 0) is 0 Å². The van der Waals surface area contributed by atoms with E-state index < -0.39 is 0 Å². The topological polar surface area (TPSA) is 65.7 Å². The first-order valence-electron chi connectivity index (χ1n) is 14.0. The summed E-state index contributed by atoms with van der Waals surface area (Å²) >= 11 is 1.80. The Hall–Kier alpha value is -5.88. The Morgan fingerprint density at radius 1 is 0.535 bits per heavy atom. The van der Waals surface area contributed by atoms with E-state index in [4.69, 9.17) is 4.42 Å². The molecule has 0 unspecified atom stereocenters. The number of aromatic nitrogens is 1. The van der Waals surface area contributed by atoms with Gasteiger partial charge in [-0.15, -0.1) is 11.3 Å². The summed E-state index contributed by atoms with van der Waals surface area (Å²) in [6.45, 7) is 0. The molecule has 43 heavy (non-hydrogen) atoms. The molecule has 0 spiro atoms. The van der Waals surface area contributed by atoms with Crippen molar-refractivity contribution in [2.75, 3.05) is 0 Å². The van der Waals surface area contributed by atoms with E-state index >= 15 is 0 Å². The van der Waals surface area contributed by atoms with Crippen molar-refractivity contribution in [2.24, 2.45) is 0 Å². The summed E-state index contributed by atoms with van der Waals surface area (Å²) in [6, 6.07) is 44.0. The zero-order valence-electron chi connectivity index (χ0n) is 22.6. The molecule has 0 N–H and O–H groups in total. The number of para-hydroxylation sites is 2. The van der Waals surface area contributed by atoms with Crippen LogP contribution >= 0.6 is 11.3 Å². The summed E-state index contributed by atoms with van der Waals surface area (Å²) in [5.41, 5.74) is 7.25. The van der Waals surface area contributed by atoms with Crippen molar-refractivity contribution in [3.8, 4) is 29.0 Å². The van der Waals surface area contributed by atoms with Crippen LogP contribution in [0.1, 0.15) is 11.1 Å². The van der Waals surface area contributed by atoms with Crippen LogP contribution in [0.3, 0.4) is 0 Å². The van der Waals surface area contributed by atoms with Crippen molar-refractivity contribution in [2.45, 2.75) is 0 Å². The number of thiophene rings is 1. The molecule has 0 atom stereocenters. The van der Waals surface area contributed by atoms with Gasteiger partial charge in [0, 0.05) is 41.7 Å². The molecule has 0 bridgehead atoms. The first-order chi connectivity index (χ1) is 21.2. The van der Waals surface area contributed by atoms with Crippen LogP contribution in [0.4, 0.5) is 0 Å². The molecule has 3 heterocycles. The maximum atomic E-state index is 10.3. The third-order valence-corrected chi connectivity index (χ3v) is 9.60. The van der Waals surface area contributed by atoms with Gasteiger partial charge in [-0.25, -0.2) is 0 Å². The molecule has 0 fully saturated rings. The minimum absolute atomic E-state index is 0.499. The van der Waals surface area contributed by atoms with E-state index in [1.54, 1.807) is 11.3 Å². The highest BCUT2D eigenvalue weighted by Crippen LogP contribution is 2.41. The standard InChI is InChI=1S/C38H19N3OS/c39-20-22-12-14-27-26-6-1-3-9-32(26)41(34(27)16-22)33-10-5-8-29-31-19-24(17-25(21-40)37(31)42-38(29)33)23-13-15-36-30(18-23)28-7-2-4-11-35(28)43-36/h1-19H. The quantitative estimate of drug-likeness (QED) is 0.209. The monoisotopic (exact) mass is 565 g/mol. The lowest BCUT2D eigenvalue weighted by molar-refractivity contribution is 0.665. The molecule has 6 aromatic carbocycles. The van der Waals surface area contributed by atoms with Gasteiger partial charge >= 0.3 is 0 Å². The van der Waals surface area contributed by atoms with Crippen LogP contribution in [0.5, 0.6) is 0 Å². The molecular weight excluding hydrogens is 547 g/mol. The largest absolute Gasteiger partial charge is 0.452 e. The molecule has 0 saturated carbocycles. The highest BCUT2D eigenvalue weighted by molar-refractivity contribution is 7.25. The van der Waals surface area contributed by atoms with Crippen LogP contribution in [0.15, 0.2) is 120 Å². The SMILES string of the molecule is N#Cc1ccc2c3ccccc3n(-c3cccc4c3oc3c(C#N)cc(-c5ccc6sc7ccccc7c6c5)cc34)c2c1. The summed E-state index contributed by atoms with van der Waals surface area (Å²) in [5, 5.41) is 26.4. The zero-order chi connectivity index (χ0) is 28.7. The lowest BCUT2D eigenvalue weighted by atomic mass is 9.98. The summed E-state index contributed by atoms with van der Waals surface area (Å²) < 4.78 is 11.3. The van der Waals surface area contributed by atoms with Gasteiger partial charge in [-0.1, -0.05) is 60.7 Å². The van der Waals surface area contributed by atoms with E-state index in [1.807, 2.05) is 48.5 Å². The molecule has 5 heteroatoms. The van der Waals surface area contributed by atoms with Gasteiger partial charge < -0.3 is 8.98 Å². The number of nitrogens with zero attached hydrogens (tertiary/aromatic N) is 3. The third-order valence-electron chi connectivity index (χ3n) is 8.45. The highest BCUT2D eigenvalue weighted by Gasteiger charge is 2.20. The molecule has 0 aliphatic rings. The van der Waals surface area contributed by atoms with Gasteiger partial charge in [0.1, 0.15) is 6.07 Å². The van der Waals surface area contributed by atoms with Gasteiger partial charge in [0.15, 0.2) is 11.2 Å². The molecule has 0 aliphatic carbocycles.